The number of carbonyl (C=O) groups is 1. The van der Waals surface area contributed by atoms with Gasteiger partial charge < -0.3 is 10.1 Å². The van der Waals surface area contributed by atoms with Crippen LogP contribution in [0.15, 0.2) is 53.7 Å². The van der Waals surface area contributed by atoms with Crippen LogP contribution in [0.5, 0.6) is 5.75 Å². The first kappa shape index (κ1) is 25.6. The molecule has 3 rings (SSSR count). The summed E-state index contributed by atoms with van der Waals surface area (Å²) in [6.45, 7) is 4.70. The molecule has 6 nitrogen and oxygen atoms in total. The molecule has 0 radical (unpaired) electrons. The van der Waals surface area contributed by atoms with Crippen molar-refractivity contribution in [3.8, 4) is 11.4 Å². The zero-order valence-electron chi connectivity index (χ0n) is 19.1. The molecule has 0 unspecified atom stereocenters. The summed E-state index contributed by atoms with van der Waals surface area (Å²) in [5, 5.41) is 11.5. The van der Waals surface area contributed by atoms with Crippen LogP contribution < -0.4 is 10.1 Å². The molecule has 10 heteroatoms. The molecule has 3 aromatic rings. The minimum absolute atomic E-state index is 0.00349. The molecule has 0 saturated heterocycles. The van der Waals surface area contributed by atoms with Gasteiger partial charge in [0, 0.05) is 11.3 Å². The third-order valence-electron chi connectivity index (χ3n) is 4.86. The van der Waals surface area contributed by atoms with Gasteiger partial charge in [0.1, 0.15) is 5.75 Å². The topological polar surface area (TPSA) is 69.0 Å². The first-order chi connectivity index (χ1) is 16.3. The summed E-state index contributed by atoms with van der Waals surface area (Å²) in [6, 6.07) is 11.8. The predicted molar refractivity (Wildman–Crippen MR) is 125 cm³/mol. The van der Waals surface area contributed by atoms with Gasteiger partial charge in [0.25, 0.3) is 5.91 Å². The van der Waals surface area contributed by atoms with Crippen LogP contribution >= 0.6 is 11.8 Å². The van der Waals surface area contributed by atoms with E-state index in [2.05, 4.69) is 22.4 Å². The number of rotatable bonds is 11. The largest absolute Gasteiger partial charge is 0.494 e. The Morgan fingerprint density at radius 1 is 1.09 bits per heavy atom. The molecule has 0 atom stereocenters. The molecule has 0 aliphatic heterocycles. The lowest BCUT2D eigenvalue weighted by Gasteiger charge is -2.13. The van der Waals surface area contributed by atoms with Crippen LogP contribution in [0.2, 0.25) is 0 Å². The Kier molecular flexibility index (Phi) is 8.98. The number of hydrogen-bond acceptors (Lipinski definition) is 5. The van der Waals surface area contributed by atoms with Gasteiger partial charge in [0.05, 0.1) is 24.4 Å². The minimum Gasteiger partial charge on any atom is -0.494 e. The summed E-state index contributed by atoms with van der Waals surface area (Å²) < 4.78 is 46.9. The van der Waals surface area contributed by atoms with E-state index in [1.165, 1.54) is 17.8 Å². The zero-order chi connectivity index (χ0) is 24.6. The molecule has 0 fully saturated rings. The smallest absolute Gasteiger partial charge is 0.416 e. The van der Waals surface area contributed by atoms with Crippen LogP contribution in [-0.4, -0.2) is 33.0 Å². The van der Waals surface area contributed by atoms with E-state index in [0.29, 0.717) is 28.9 Å². The first-order valence-corrected chi connectivity index (χ1v) is 12.1. The fourth-order valence-corrected chi connectivity index (χ4v) is 3.91. The third-order valence-corrected chi connectivity index (χ3v) is 5.99. The quantitative estimate of drug-likeness (QED) is 0.267. The van der Waals surface area contributed by atoms with E-state index < -0.39 is 11.7 Å². The van der Waals surface area contributed by atoms with Crippen molar-refractivity contribution < 1.29 is 22.7 Å². The lowest BCUT2D eigenvalue weighted by atomic mass is 10.2. The van der Waals surface area contributed by atoms with Crippen molar-refractivity contribution in [3.63, 3.8) is 0 Å². The lowest BCUT2D eigenvalue weighted by Crippen LogP contribution is -2.24. The predicted octanol–water partition coefficient (Wildman–Crippen LogP) is 5.90. The summed E-state index contributed by atoms with van der Waals surface area (Å²) in [5.74, 6) is 1.43. The van der Waals surface area contributed by atoms with E-state index in [9.17, 15) is 18.0 Å². The number of thioether (sulfide) groups is 1. The summed E-state index contributed by atoms with van der Waals surface area (Å²) in [7, 11) is 0. The molecule has 1 aromatic heterocycles. The number of carbonyl (C=O) groups excluding carboxylic acids is 1. The van der Waals surface area contributed by atoms with Crippen molar-refractivity contribution in [2.45, 2.75) is 51.0 Å². The van der Waals surface area contributed by atoms with Gasteiger partial charge in [-0.05, 0) is 55.3 Å². The Hall–Kier alpha value is -3.01. The van der Waals surface area contributed by atoms with Gasteiger partial charge in [-0.25, -0.2) is 0 Å². The number of benzene rings is 2. The van der Waals surface area contributed by atoms with Crippen molar-refractivity contribution in [2.75, 3.05) is 12.4 Å². The molecule has 182 valence electrons. The molecule has 1 N–H and O–H groups in total. The second kappa shape index (κ2) is 11.9. The van der Waals surface area contributed by atoms with Gasteiger partial charge in [-0.15, -0.1) is 10.2 Å². The van der Waals surface area contributed by atoms with Crippen LogP contribution in [0.3, 0.4) is 0 Å². The number of alkyl halides is 3. The maximum atomic E-state index is 13.3. The van der Waals surface area contributed by atoms with Gasteiger partial charge in [-0.1, -0.05) is 38.1 Å². The zero-order valence-corrected chi connectivity index (χ0v) is 19.9. The molecule has 0 spiro atoms. The highest BCUT2D eigenvalue weighted by molar-refractivity contribution is 7.99. The first-order valence-electron chi connectivity index (χ1n) is 11.1. The third kappa shape index (κ3) is 6.75. The number of halogens is 3. The standard InChI is InChI=1S/C24H27F3N4O2S/c1-3-5-13-33-20-11-9-17(10-12-20)22(32)28-16-21-29-30-23(34-14-4-2)31(21)19-8-6-7-18(15-19)24(25,26)27/h6-12,15H,3-5,13-14,16H2,1-2H3,(H,28,32). The fraction of sp³-hybridized carbons (Fsp3) is 0.375. The van der Waals surface area contributed by atoms with Crippen LogP contribution in [0, 0.1) is 0 Å². The van der Waals surface area contributed by atoms with E-state index >= 15 is 0 Å². The Morgan fingerprint density at radius 3 is 2.53 bits per heavy atom. The van der Waals surface area contributed by atoms with E-state index in [4.69, 9.17) is 4.74 Å². The summed E-state index contributed by atoms with van der Waals surface area (Å²) in [5.41, 5.74) is -0.0359. The highest BCUT2D eigenvalue weighted by Crippen LogP contribution is 2.31. The van der Waals surface area contributed by atoms with Crippen molar-refractivity contribution >= 4 is 17.7 Å². The normalized spacial score (nSPS) is 11.4. The minimum atomic E-state index is -4.47. The second-order valence-corrected chi connectivity index (χ2v) is 8.60. The van der Waals surface area contributed by atoms with Crippen LogP contribution in [0.1, 0.15) is 54.9 Å². The van der Waals surface area contributed by atoms with Crippen molar-refractivity contribution in [1.82, 2.24) is 20.1 Å². The highest BCUT2D eigenvalue weighted by Gasteiger charge is 2.31. The van der Waals surface area contributed by atoms with E-state index in [1.807, 2.05) is 6.92 Å². The SMILES string of the molecule is CCCCOc1ccc(C(=O)NCc2nnc(SCCC)n2-c2cccc(C(F)(F)F)c2)cc1. The van der Waals surface area contributed by atoms with Crippen LogP contribution in [-0.2, 0) is 12.7 Å². The van der Waals surface area contributed by atoms with Crippen molar-refractivity contribution in [3.05, 3.63) is 65.5 Å². The number of amides is 1. The second-order valence-electron chi connectivity index (χ2n) is 7.54. The molecule has 2 aromatic carbocycles. The average molecular weight is 493 g/mol. The molecule has 0 aliphatic rings. The average Bonchev–Trinajstić information content (AvgIpc) is 3.24. The van der Waals surface area contributed by atoms with Gasteiger partial charge in [-0.2, -0.15) is 13.2 Å². The van der Waals surface area contributed by atoms with Gasteiger partial charge in [-0.3, -0.25) is 9.36 Å². The van der Waals surface area contributed by atoms with Crippen molar-refractivity contribution in [1.29, 1.82) is 0 Å². The Labute approximate surface area is 200 Å². The van der Waals surface area contributed by atoms with Crippen LogP contribution in [0.25, 0.3) is 5.69 Å². The van der Waals surface area contributed by atoms with Gasteiger partial charge >= 0.3 is 6.18 Å². The van der Waals surface area contributed by atoms with Gasteiger partial charge in [0.15, 0.2) is 11.0 Å². The maximum absolute atomic E-state index is 13.3. The Balaban J connectivity index is 1.77. The molecular formula is C24H27F3N4O2S. The summed E-state index contributed by atoms with van der Waals surface area (Å²) >= 11 is 1.40. The van der Waals surface area contributed by atoms with Gasteiger partial charge in [0.2, 0.25) is 0 Å². The molecule has 34 heavy (non-hydrogen) atoms. The molecule has 0 aliphatic carbocycles. The summed E-state index contributed by atoms with van der Waals surface area (Å²) in [6.07, 6.45) is -1.62. The van der Waals surface area contributed by atoms with Crippen molar-refractivity contribution in [2.24, 2.45) is 0 Å². The summed E-state index contributed by atoms with van der Waals surface area (Å²) in [4.78, 5) is 12.6. The van der Waals surface area contributed by atoms with E-state index in [1.54, 1.807) is 34.9 Å². The molecule has 1 amide bonds. The molecule has 0 saturated carbocycles. The Bertz CT molecular complexity index is 1080. The monoisotopic (exact) mass is 492 g/mol. The molecular weight excluding hydrogens is 465 g/mol. The number of hydrogen-bond donors (Lipinski definition) is 1. The molecule has 0 bridgehead atoms. The number of aromatic nitrogens is 3. The van der Waals surface area contributed by atoms with E-state index in [-0.39, 0.29) is 18.1 Å². The number of nitrogens with zero attached hydrogens (tertiary/aromatic N) is 3. The fourth-order valence-electron chi connectivity index (χ4n) is 3.08. The van der Waals surface area contributed by atoms with E-state index in [0.717, 1.165) is 37.1 Å². The maximum Gasteiger partial charge on any atom is 0.416 e. The molecule has 1 heterocycles. The highest BCUT2D eigenvalue weighted by atomic mass is 32.2. The Morgan fingerprint density at radius 2 is 1.85 bits per heavy atom. The number of ether oxygens (including phenoxy) is 1. The van der Waals surface area contributed by atoms with Crippen LogP contribution in [0.4, 0.5) is 13.2 Å². The number of nitrogens with one attached hydrogen (secondary N) is 1. The number of unbranched alkanes of at least 4 members (excludes halogenated alkanes) is 1. The lowest BCUT2D eigenvalue weighted by molar-refractivity contribution is -0.137.